The van der Waals surface area contributed by atoms with E-state index < -0.39 is 10.0 Å². The fraction of sp³-hybridized carbons (Fsp3) is 0.250. The standard InChI is InChI=1S/C16H18ClN3O3S/c1-24(22,23)20(11-15-4-2-3-9-18-15)12-16(21)19-10-13-5-7-14(17)8-6-13/h2-9H,10-12H2,1H3,(H,19,21). The summed E-state index contributed by atoms with van der Waals surface area (Å²) in [5.74, 6) is -0.383. The van der Waals surface area contributed by atoms with Gasteiger partial charge in [-0.2, -0.15) is 4.31 Å². The molecule has 1 heterocycles. The molecule has 0 unspecified atom stereocenters. The van der Waals surface area contributed by atoms with E-state index in [1.165, 1.54) is 0 Å². The minimum atomic E-state index is -3.53. The molecule has 0 aliphatic heterocycles. The number of carbonyl (C=O) groups excluding carboxylic acids is 1. The molecule has 0 fully saturated rings. The Morgan fingerprint density at radius 3 is 2.50 bits per heavy atom. The lowest BCUT2D eigenvalue weighted by Gasteiger charge is -2.19. The van der Waals surface area contributed by atoms with Crippen molar-refractivity contribution in [1.82, 2.24) is 14.6 Å². The van der Waals surface area contributed by atoms with E-state index in [2.05, 4.69) is 10.3 Å². The van der Waals surface area contributed by atoms with E-state index in [0.717, 1.165) is 16.1 Å². The van der Waals surface area contributed by atoms with Gasteiger partial charge in [0.25, 0.3) is 0 Å². The van der Waals surface area contributed by atoms with Crippen molar-refractivity contribution in [3.63, 3.8) is 0 Å². The molecule has 0 saturated carbocycles. The van der Waals surface area contributed by atoms with E-state index >= 15 is 0 Å². The second-order valence-corrected chi connectivity index (χ2v) is 7.67. The Morgan fingerprint density at radius 1 is 1.21 bits per heavy atom. The number of sulfonamides is 1. The van der Waals surface area contributed by atoms with Gasteiger partial charge < -0.3 is 5.32 Å². The molecule has 6 nitrogen and oxygen atoms in total. The number of nitrogens with zero attached hydrogens (tertiary/aromatic N) is 2. The van der Waals surface area contributed by atoms with E-state index in [9.17, 15) is 13.2 Å². The number of amides is 1. The number of hydrogen-bond donors (Lipinski definition) is 1. The number of pyridine rings is 1. The predicted molar refractivity (Wildman–Crippen MR) is 92.8 cm³/mol. The summed E-state index contributed by atoms with van der Waals surface area (Å²) in [5, 5.41) is 3.31. The Kier molecular flexibility index (Phi) is 6.30. The first-order chi connectivity index (χ1) is 11.3. The molecular weight excluding hydrogens is 350 g/mol. The maximum absolute atomic E-state index is 12.1. The quantitative estimate of drug-likeness (QED) is 0.809. The molecule has 1 N–H and O–H groups in total. The van der Waals surface area contributed by atoms with Gasteiger partial charge in [0.15, 0.2) is 0 Å². The monoisotopic (exact) mass is 367 g/mol. The summed E-state index contributed by atoms with van der Waals surface area (Å²) in [4.78, 5) is 16.2. The Bertz CT molecular complexity index is 780. The number of nitrogens with one attached hydrogen (secondary N) is 1. The van der Waals surface area contributed by atoms with Gasteiger partial charge in [0.1, 0.15) is 0 Å². The maximum Gasteiger partial charge on any atom is 0.235 e. The third kappa shape index (κ3) is 5.92. The van der Waals surface area contributed by atoms with Gasteiger partial charge in [-0.15, -0.1) is 0 Å². The van der Waals surface area contributed by atoms with Crippen LogP contribution in [0.3, 0.4) is 0 Å². The van der Waals surface area contributed by atoms with Crippen molar-refractivity contribution in [1.29, 1.82) is 0 Å². The Hall–Kier alpha value is -1.96. The molecule has 0 aliphatic carbocycles. The van der Waals surface area contributed by atoms with Crippen molar-refractivity contribution < 1.29 is 13.2 Å². The predicted octanol–water partition coefficient (Wildman–Crippen LogP) is 1.81. The topological polar surface area (TPSA) is 79.4 Å². The Balaban J connectivity index is 1.96. The number of hydrogen-bond acceptors (Lipinski definition) is 4. The van der Waals surface area contributed by atoms with Gasteiger partial charge in [-0.3, -0.25) is 9.78 Å². The van der Waals surface area contributed by atoms with Crippen molar-refractivity contribution in [2.45, 2.75) is 13.1 Å². The molecule has 24 heavy (non-hydrogen) atoms. The highest BCUT2D eigenvalue weighted by Gasteiger charge is 2.20. The van der Waals surface area contributed by atoms with Crippen molar-refractivity contribution in [3.05, 3.63) is 64.9 Å². The molecular formula is C16H18ClN3O3S. The summed E-state index contributed by atoms with van der Waals surface area (Å²) < 4.78 is 24.9. The fourth-order valence-electron chi connectivity index (χ4n) is 1.98. The van der Waals surface area contributed by atoms with Gasteiger partial charge in [-0.25, -0.2) is 8.42 Å². The molecule has 0 spiro atoms. The van der Waals surface area contributed by atoms with E-state index in [-0.39, 0.29) is 19.0 Å². The molecule has 128 valence electrons. The average molecular weight is 368 g/mol. The van der Waals surface area contributed by atoms with E-state index in [4.69, 9.17) is 11.6 Å². The second kappa shape index (κ2) is 8.23. The highest BCUT2D eigenvalue weighted by Crippen LogP contribution is 2.09. The molecule has 0 bridgehead atoms. The van der Waals surface area contributed by atoms with Gasteiger partial charge in [0, 0.05) is 17.8 Å². The zero-order valence-corrected chi connectivity index (χ0v) is 14.7. The highest BCUT2D eigenvalue weighted by atomic mass is 35.5. The first-order valence-electron chi connectivity index (χ1n) is 7.21. The van der Waals surface area contributed by atoms with Crippen LogP contribution in [-0.2, 0) is 27.9 Å². The minimum absolute atomic E-state index is 0.0496. The normalized spacial score (nSPS) is 11.5. The Morgan fingerprint density at radius 2 is 1.92 bits per heavy atom. The van der Waals surface area contributed by atoms with Crippen LogP contribution in [0.4, 0.5) is 0 Å². The third-order valence-electron chi connectivity index (χ3n) is 3.26. The van der Waals surface area contributed by atoms with Gasteiger partial charge >= 0.3 is 0 Å². The lowest BCUT2D eigenvalue weighted by Crippen LogP contribution is -2.39. The maximum atomic E-state index is 12.1. The van der Waals surface area contributed by atoms with Crippen LogP contribution in [0.1, 0.15) is 11.3 Å². The van der Waals surface area contributed by atoms with E-state index in [0.29, 0.717) is 17.3 Å². The van der Waals surface area contributed by atoms with Gasteiger partial charge in [0.05, 0.1) is 25.0 Å². The number of aromatic nitrogens is 1. The summed E-state index contributed by atoms with van der Waals surface area (Å²) in [6.07, 6.45) is 2.65. The summed E-state index contributed by atoms with van der Waals surface area (Å²) in [7, 11) is -3.53. The van der Waals surface area contributed by atoms with Crippen LogP contribution in [-0.4, -0.2) is 36.4 Å². The van der Waals surface area contributed by atoms with Crippen LogP contribution in [0.15, 0.2) is 48.7 Å². The first kappa shape index (κ1) is 18.4. The van der Waals surface area contributed by atoms with Crippen LogP contribution in [0.25, 0.3) is 0 Å². The van der Waals surface area contributed by atoms with Gasteiger partial charge in [-0.1, -0.05) is 29.8 Å². The van der Waals surface area contributed by atoms with Crippen molar-refractivity contribution in [2.24, 2.45) is 0 Å². The molecule has 1 aromatic carbocycles. The van der Waals surface area contributed by atoms with Crippen LogP contribution in [0.2, 0.25) is 5.02 Å². The molecule has 0 aliphatic rings. The van der Waals surface area contributed by atoms with E-state index in [1.54, 1.807) is 48.7 Å². The van der Waals surface area contributed by atoms with Crippen molar-refractivity contribution in [2.75, 3.05) is 12.8 Å². The molecule has 0 radical (unpaired) electrons. The molecule has 1 aromatic heterocycles. The number of carbonyl (C=O) groups is 1. The van der Waals surface area contributed by atoms with Crippen LogP contribution in [0.5, 0.6) is 0 Å². The van der Waals surface area contributed by atoms with E-state index in [1.807, 2.05) is 0 Å². The largest absolute Gasteiger partial charge is 0.351 e. The summed E-state index contributed by atoms with van der Waals surface area (Å²) >= 11 is 5.80. The molecule has 1 amide bonds. The Labute approximate surface area is 146 Å². The fourth-order valence-corrected chi connectivity index (χ4v) is 2.83. The van der Waals surface area contributed by atoms with Crippen molar-refractivity contribution >= 4 is 27.5 Å². The average Bonchev–Trinajstić information content (AvgIpc) is 2.54. The molecule has 2 aromatic rings. The lowest BCUT2D eigenvalue weighted by atomic mass is 10.2. The number of halogens is 1. The zero-order valence-electron chi connectivity index (χ0n) is 13.1. The summed E-state index contributed by atoms with van der Waals surface area (Å²) in [6, 6.07) is 12.3. The number of benzene rings is 1. The number of rotatable bonds is 7. The van der Waals surface area contributed by atoms with Crippen LogP contribution < -0.4 is 5.32 Å². The van der Waals surface area contributed by atoms with Crippen LogP contribution >= 0.6 is 11.6 Å². The minimum Gasteiger partial charge on any atom is -0.351 e. The van der Waals surface area contributed by atoms with Crippen molar-refractivity contribution in [3.8, 4) is 0 Å². The smallest absolute Gasteiger partial charge is 0.235 e. The van der Waals surface area contributed by atoms with Gasteiger partial charge in [0.2, 0.25) is 15.9 Å². The van der Waals surface area contributed by atoms with Gasteiger partial charge in [-0.05, 0) is 29.8 Å². The molecule has 8 heteroatoms. The zero-order chi connectivity index (χ0) is 17.6. The SMILES string of the molecule is CS(=O)(=O)N(CC(=O)NCc1ccc(Cl)cc1)Cc1ccccn1. The summed E-state index contributed by atoms with van der Waals surface area (Å²) in [6.45, 7) is 0.0915. The first-order valence-corrected chi connectivity index (χ1v) is 9.43. The lowest BCUT2D eigenvalue weighted by molar-refractivity contribution is -0.121. The molecule has 0 saturated heterocycles. The summed E-state index contributed by atoms with van der Waals surface area (Å²) in [5.41, 5.74) is 1.46. The third-order valence-corrected chi connectivity index (χ3v) is 4.70. The van der Waals surface area contributed by atoms with Crippen LogP contribution in [0, 0.1) is 0 Å². The molecule has 0 atom stereocenters. The molecule has 2 rings (SSSR count). The second-order valence-electron chi connectivity index (χ2n) is 5.26. The highest BCUT2D eigenvalue weighted by molar-refractivity contribution is 7.88.